The van der Waals surface area contributed by atoms with Crippen molar-refractivity contribution in [1.82, 2.24) is 10.6 Å². The van der Waals surface area contributed by atoms with Gasteiger partial charge in [-0.2, -0.15) is 0 Å². The number of esters is 1. The van der Waals surface area contributed by atoms with Crippen molar-refractivity contribution in [2.75, 3.05) is 6.54 Å². The third kappa shape index (κ3) is 8.77. The van der Waals surface area contributed by atoms with Gasteiger partial charge in [0.25, 0.3) is 0 Å². The van der Waals surface area contributed by atoms with Crippen LogP contribution < -0.4 is 10.6 Å². The Bertz CT molecular complexity index is 576. The van der Waals surface area contributed by atoms with Crippen molar-refractivity contribution in [1.29, 1.82) is 0 Å². The molecular formula is C17H24N2O5. The molecule has 1 aromatic carbocycles. The molecule has 0 heterocycles. The second kappa shape index (κ2) is 8.90. The van der Waals surface area contributed by atoms with Crippen LogP contribution in [0.15, 0.2) is 24.3 Å². The predicted molar refractivity (Wildman–Crippen MR) is 88.0 cm³/mol. The minimum Gasteiger partial charge on any atom is -0.460 e. The monoisotopic (exact) mass is 336 g/mol. The van der Waals surface area contributed by atoms with E-state index in [4.69, 9.17) is 9.47 Å². The molecule has 0 aliphatic heterocycles. The summed E-state index contributed by atoms with van der Waals surface area (Å²) >= 11 is 0. The summed E-state index contributed by atoms with van der Waals surface area (Å²) in [6, 6.07) is 7.31. The number of nitrogens with one attached hydrogen (secondary N) is 2. The first kappa shape index (κ1) is 19.5. The average Bonchev–Trinajstić information content (AvgIpc) is 2.48. The molecule has 0 bridgehead atoms. The zero-order valence-electron chi connectivity index (χ0n) is 14.5. The summed E-state index contributed by atoms with van der Waals surface area (Å²) in [6.45, 7) is 6.97. The summed E-state index contributed by atoms with van der Waals surface area (Å²) in [4.78, 5) is 33.8. The van der Waals surface area contributed by atoms with Gasteiger partial charge in [-0.05, 0) is 31.9 Å². The first-order chi connectivity index (χ1) is 11.2. The largest absolute Gasteiger partial charge is 0.460 e. The van der Waals surface area contributed by atoms with Crippen LogP contribution in [-0.4, -0.2) is 30.1 Å². The number of hydrogen-bond acceptors (Lipinski definition) is 5. The molecule has 24 heavy (non-hydrogen) atoms. The number of carbonyl (C=O) groups is 3. The molecule has 0 atom stereocenters. The molecule has 0 fully saturated rings. The minimum atomic E-state index is -0.665. The molecule has 0 aromatic heterocycles. The lowest BCUT2D eigenvalue weighted by atomic mass is 10.1. The van der Waals surface area contributed by atoms with Crippen molar-refractivity contribution >= 4 is 18.0 Å². The number of alkyl carbamates (subject to hydrolysis) is 1. The van der Waals surface area contributed by atoms with Crippen LogP contribution in [0.5, 0.6) is 0 Å². The quantitative estimate of drug-likeness (QED) is 0.774. The van der Waals surface area contributed by atoms with Crippen molar-refractivity contribution in [3.63, 3.8) is 0 Å². The van der Waals surface area contributed by atoms with E-state index < -0.39 is 17.7 Å². The summed E-state index contributed by atoms with van der Waals surface area (Å²) in [5.74, 6) is -0.645. The molecule has 7 heteroatoms. The van der Waals surface area contributed by atoms with Gasteiger partial charge in [-0.25, -0.2) is 4.79 Å². The fourth-order valence-corrected chi connectivity index (χ4v) is 1.65. The van der Waals surface area contributed by atoms with Gasteiger partial charge >= 0.3 is 12.1 Å². The van der Waals surface area contributed by atoms with E-state index in [9.17, 15) is 14.4 Å². The van der Waals surface area contributed by atoms with Crippen LogP contribution in [0.3, 0.4) is 0 Å². The van der Waals surface area contributed by atoms with E-state index in [1.807, 2.05) is 24.3 Å². The van der Waals surface area contributed by atoms with E-state index in [-0.39, 0.29) is 19.1 Å². The predicted octanol–water partition coefficient (Wildman–Crippen LogP) is 1.89. The molecule has 0 saturated carbocycles. The average molecular weight is 336 g/mol. The summed E-state index contributed by atoms with van der Waals surface area (Å²) in [5.41, 5.74) is 1.14. The molecule has 7 nitrogen and oxygen atoms in total. The van der Waals surface area contributed by atoms with Crippen LogP contribution in [0.2, 0.25) is 0 Å². The second-order valence-electron chi connectivity index (χ2n) is 6.24. The Morgan fingerprint density at radius 2 is 1.58 bits per heavy atom. The van der Waals surface area contributed by atoms with Gasteiger partial charge in [-0.1, -0.05) is 24.3 Å². The Hall–Kier alpha value is -2.57. The molecule has 0 spiro atoms. The van der Waals surface area contributed by atoms with Crippen molar-refractivity contribution < 1.29 is 23.9 Å². The van der Waals surface area contributed by atoms with Crippen LogP contribution in [0.25, 0.3) is 0 Å². The van der Waals surface area contributed by atoms with Gasteiger partial charge in [0.1, 0.15) is 18.8 Å². The first-order valence-electron chi connectivity index (χ1n) is 7.60. The fraction of sp³-hybridized carbons (Fsp3) is 0.471. The third-order valence-corrected chi connectivity index (χ3v) is 2.74. The van der Waals surface area contributed by atoms with Crippen molar-refractivity contribution in [2.45, 2.75) is 46.4 Å². The normalized spacial score (nSPS) is 10.7. The first-order valence-corrected chi connectivity index (χ1v) is 7.60. The van der Waals surface area contributed by atoms with Crippen molar-refractivity contribution in [3.05, 3.63) is 35.4 Å². The lowest BCUT2D eigenvalue weighted by Gasteiger charge is -2.19. The molecule has 0 aliphatic rings. The smallest absolute Gasteiger partial charge is 0.408 e. The highest BCUT2D eigenvalue weighted by molar-refractivity contribution is 5.78. The van der Waals surface area contributed by atoms with E-state index >= 15 is 0 Å². The molecule has 2 N–H and O–H groups in total. The topological polar surface area (TPSA) is 93.7 Å². The van der Waals surface area contributed by atoms with E-state index in [0.717, 1.165) is 11.1 Å². The Balaban J connectivity index is 2.31. The lowest BCUT2D eigenvalue weighted by Crippen LogP contribution is -2.36. The highest BCUT2D eigenvalue weighted by atomic mass is 16.6. The molecular weight excluding hydrogens is 312 g/mol. The van der Waals surface area contributed by atoms with Gasteiger partial charge in [0.05, 0.1) is 0 Å². The Morgan fingerprint density at radius 1 is 1.00 bits per heavy atom. The van der Waals surface area contributed by atoms with Gasteiger partial charge in [-0.3, -0.25) is 9.59 Å². The van der Waals surface area contributed by atoms with E-state index in [2.05, 4.69) is 10.6 Å². The highest BCUT2D eigenvalue weighted by Gasteiger charge is 2.16. The van der Waals surface area contributed by atoms with Crippen LogP contribution >= 0.6 is 0 Å². The number of carbonyl (C=O) groups excluding carboxylic acids is 3. The number of amides is 2. The fourth-order valence-electron chi connectivity index (χ4n) is 1.65. The van der Waals surface area contributed by atoms with Crippen molar-refractivity contribution in [2.24, 2.45) is 0 Å². The van der Waals surface area contributed by atoms with Crippen molar-refractivity contribution in [3.8, 4) is 0 Å². The second-order valence-corrected chi connectivity index (χ2v) is 6.24. The van der Waals surface area contributed by atoms with Crippen LogP contribution in [0, 0.1) is 0 Å². The number of benzene rings is 1. The van der Waals surface area contributed by atoms with Crippen LogP contribution in [0.1, 0.15) is 38.8 Å². The zero-order valence-corrected chi connectivity index (χ0v) is 14.5. The number of ether oxygens (including phenoxy) is 2. The molecule has 1 aromatic rings. The maximum atomic E-state index is 11.6. The van der Waals surface area contributed by atoms with Crippen LogP contribution in [0.4, 0.5) is 4.79 Å². The standard InChI is InChI=1S/C17H24N2O5/c1-12(20)18-9-13-5-7-14(8-6-13)11-23-15(21)10-19-16(22)24-17(2,3)4/h5-8H,9-11H2,1-4H3,(H,18,20)(H,19,22). The van der Waals surface area contributed by atoms with Crippen LogP contribution in [-0.2, 0) is 32.2 Å². The summed E-state index contributed by atoms with van der Waals surface area (Å²) < 4.78 is 10.1. The summed E-state index contributed by atoms with van der Waals surface area (Å²) in [6.07, 6.45) is -0.665. The maximum Gasteiger partial charge on any atom is 0.408 e. The van der Waals surface area contributed by atoms with Gasteiger partial charge in [-0.15, -0.1) is 0 Å². The van der Waals surface area contributed by atoms with E-state index in [0.29, 0.717) is 6.54 Å². The van der Waals surface area contributed by atoms with E-state index in [1.54, 1.807) is 20.8 Å². The molecule has 0 radical (unpaired) electrons. The minimum absolute atomic E-state index is 0.0921. The van der Waals surface area contributed by atoms with Gasteiger partial charge in [0.15, 0.2) is 0 Å². The molecule has 1 rings (SSSR count). The molecule has 2 amide bonds. The zero-order chi connectivity index (χ0) is 18.2. The molecule has 0 unspecified atom stereocenters. The number of hydrogen-bond donors (Lipinski definition) is 2. The van der Waals surface area contributed by atoms with Gasteiger partial charge < -0.3 is 20.1 Å². The van der Waals surface area contributed by atoms with Gasteiger partial charge in [0.2, 0.25) is 5.91 Å². The Labute approximate surface area is 141 Å². The SMILES string of the molecule is CC(=O)NCc1ccc(COC(=O)CNC(=O)OC(C)(C)C)cc1. The highest BCUT2D eigenvalue weighted by Crippen LogP contribution is 2.07. The lowest BCUT2D eigenvalue weighted by molar-refractivity contribution is -0.143. The third-order valence-electron chi connectivity index (χ3n) is 2.74. The van der Waals surface area contributed by atoms with Gasteiger partial charge in [0, 0.05) is 13.5 Å². The summed E-state index contributed by atoms with van der Waals surface area (Å²) in [5, 5.41) is 5.03. The Morgan fingerprint density at radius 3 is 2.12 bits per heavy atom. The Kier molecular flexibility index (Phi) is 7.23. The summed E-state index contributed by atoms with van der Waals surface area (Å²) in [7, 11) is 0. The maximum absolute atomic E-state index is 11.6. The number of rotatable bonds is 6. The molecule has 132 valence electrons. The molecule has 0 saturated heterocycles. The van der Waals surface area contributed by atoms with E-state index in [1.165, 1.54) is 6.92 Å². The molecule has 0 aliphatic carbocycles.